The Kier molecular flexibility index (Phi) is 23.9. The van der Waals surface area contributed by atoms with Gasteiger partial charge in [-0.2, -0.15) is 27.8 Å². The van der Waals surface area contributed by atoms with Gasteiger partial charge in [-0.05, 0) is 0 Å². The molecule has 0 aromatic heterocycles. The van der Waals surface area contributed by atoms with Crippen molar-refractivity contribution in [3.63, 3.8) is 0 Å². The van der Waals surface area contributed by atoms with Crippen LogP contribution in [0.2, 0.25) is 0 Å². The zero-order valence-electron chi connectivity index (χ0n) is 18.7. The van der Waals surface area contributed by atoms with Crippen LogP contribution in [0, 0.1) is 69.2 Å². The summed E-state index contributed by atoms with van der Waals surface area (Å²) in [7, 11) is 0. The maximum absolute atomic E-state index is 7.75. The van der Waals surface area contributed by atoms with Crippen molar-refractivity contribution in [2.24, 2.45) is 0 Å². The fourth-order valence-electron chi connectivity index (χ4n) is 2.81. The van der Waals surface area contributed by atoms with Crippen LogP contribution in [0.15, 0.2) is 0 Å². The van der Waals surface area contributed by atoms with Crippen molar-refractivity contribution in [2.75, 3.05) is 0 Å². The molecule has 0 amide bonds. The fraction of sp³-hybridized carbons (Fsp3) is 0.435. The molecule has 0 aliphatic heterocycles. The van der Waals surface area contributed by atoms with Gasteiger partial charge in [-0.1, -0.05) is 34.6 Å². The van der Waals surface area contributed by atoms with E-state index in [1.165, 1.54) is 55.6 Å². The molecule has 0 fully saturated rings. The monoisotopic (exact) mass is 731 g/mol. The van der Waals surface area contributed by atoms with Crippen molar-refractivity contribution in [1.29, 1.82) is 0 Å². The summed E-state index contributed by atoms with van der Waals surface area (Å²) in [5.74, 6) is 0. The van der Waals surface area contributed by atoms with E-state index >= 15 is 0 Å². The van der Waals surface area contributed by atoms with Crippen molar-refractivity contribution in [3.05, 3.63) is 55.6 Å². The Hall–Kier alpha value is -0.965. The molecule has 2 aromatic carbocycles. The minimum atomic E-state index is 1.47. The Bertz CT molecular complexity index is 501. The van der Waals surface area contributed by atoms with Crippen LogP contribution in [0.5, 0.6) is 0 Å². The van der Waals surface area contributed by atoms with Gasteiger partial charge in [0.2, 0.25) is 0 Å². The molecule has 2 rings (SSSR count). The molecule has 166 valence electrons. The van der Waals surface area contributed by atoms with Crippen LogP contribution >= 0.6 is 0 Å². The molecule has 0 aliphatic rings. The Balaban J connectivity index is -0.000000152. The van der Waals surface area contributed by atoms with Crippen molar-refractivity contribution in [3.8, 4) is 0 Å². The van der Waals surface area contributed by atoms with Crippen molar-refractivity contribution >= 4 is 20.4 Å². The number of hydrogen-bond donors (Lipinski definition) is 0. The predicted molar refractivity (Wildman–Crippen MR) is 112 cm³/mol. The quantitative estimate of drug-likeness (QED) is 0.282. The molecular weight excluding hydrogens is 697 g/mol. The summed E-state index contributed by atoms with van der Waals surface area (Å²) in [4.78, 5) is 23.2. The molecule has 0 radical (unpaired) electrons. The second-order valence-electron chi connectivity index (χ2n) is 6.25. The molecule has 0 bridgehead atoms. The number of carbonyl (C=O) groups excluding carboxylic acids is 3. The third-order valence-electron chi connectivity index (χ3n) is 5.62. The summed E-state index contributed by atoms with van der Waals surface area (Å²) in [5, 5.41) is 0. The molecule has 0 saturated heterocycles. The standard InChI is InChI=1S/2C10H15.3CHO.2Re/c2*1-6-7(2)9(4)10(5)8(6)3;3*1-2;;/h2*1-5H3;3*1H;;/q-5;4*-1;;. The van der Waals surface area contributed by atoms with Gasteiger partial charge in [0.05, 0.1) is 0 Å². The Labute approximate surface area is 190 Å². The van der Waals surface area contributed by atoms with E-state index in [0.29, 0.717) is 0 Å². The first-order valence-corrected chi connectivity index (χ1v) is 17.8. The summed E-state index contributed by atoms with van der Waals surface area (Å²) in [5.41, 5.74) is 14.7. The third-order valence-corrected chi connectivity index (χ3v) is 5.62. The van der Waals surface area contributed by atoms with Gasteiger partial charge in [-0.25, -0.2) is 34.6 Å². The van der Waals surface area contributed by atoms with E-state index in [9.17, 15) is 0 Å². The van der Waals surface area contributed by atoms with Gasteiger partial charge in [0.1, 0.15) is 0 Å². The Morgan fingerprint density at radius 3 is 0.714 bits per heavy atom. The number of hydrogen-bond acceptors (Lipinski definition) is 3. The van der Waals surface area contributed by atoms with Crippen LogP contribution in [-0.4, -0.2) is 20.4 Å². The summed E-state index contributed by atoms with van der Waals surface area (Å²) in [6.07, 6.45) is 0. The zero-order valence-corrected chi connectivity index (χ0v) is 24.1. The normalized spacial score (nSPS) is 8.07. The van der Waals surface area contributed by atoms with Gasteiger partial charge >= 0.3 is 31.1 Å². The summed E-state index contributed by atoms with van der Waals surface area (Å²) >= 11 is 3.56. The summed E-state index contributed by atoms with van der Waals surface area (Å²) < 4.78 is 0. The average Bonchev–Trinajstić information content (AvgIpc) is 3.04. The van der Waals surface area contributed by atoms with Crippen LogP contribution in [0.25, 0.3) is 0 Å². The zero-order chi connectivity index (χ0) is 23.8. The van der Waals surface area contributed by atoms with E-state index in [-0.39, 0.29) is 0 Å². The fourth-order valence-corrected chi connectivity index (χ4v) is 2.81. The molecule has 5 heteroatoms. The molecule has 0 atom stereocenters. The predicted octanol–water partition coefficient (Wildman–Crippen LogP) is 5.07. The van der Waals surface area contributed by atoms with E-state index in [0.717, 1.165) is 0 Å². The molecule has 2 aromatic rings. The molecule has 0 unspecified atom stereocenters. The second kappa shape index (κ2) is 19.4. The first-order valence-electron chi connectivity index (χ1n) is 8.35. The van der Waals surface area contributed by atoms with Crippen LogP contribution in [0.4, 0.5) is 0 Å². The number of rotatable bonds is 0. The van der Waals surface area contributed by atoms with Crippen LogP contribution < -0.4 is 0 Å². The first-order chi connectivity index (χ1) is 13.1. The third kappa shape index (κ3) is 9.49. The van der Waals surface area contributed by atoms with Gasteiger partial charge < -0.3 is 42.2 Å². The van der Waals surface area contributed by atoms with Gasteiger partial charge in [0.25, 0.3) is 0 Å². The molecule has 0 N–H and O–H groups in total. The van der Waals surface area contributed by atoms with Crippen molar-refractivity contribution in [2.45, 2.75) is 69.2 Å². The summed E-state index contributed by atoms with van der Waals surface area (Å²) in [6, 6.07) is 0. The van der Waals surface area contributed by atoms with Crippen LogP contribution in [0.3, 0.4) is 0 Å². The molecule has 0 spiro atoms. The molecule has 0 heterocycles. The maximum atomic E-state index is 7.75. The van der Waals surface area contributed by atoms with Crippen LogP contribution in [0.1, 0.15) is 55.6 Å². The van der Waals surface area contributed by atoms with E-state index in [1.807, 2.05) is 0 Å². The molecule has 0 saturated carbocycles. The van der Waals surface area contributed by atoms with Crippen molar-refractivity contribution < 1.29 is 45.5 Å². The topological polar surface area (TPSA) is 51.2 Å². The van der Waals surface area contributed by atoms with Gasteiger partial charge in [0, 0.05) is 0 Å². The Morgan fingerprint density at radius 1 is 0.500 bits per heavy atom. The first kappa shape index (κ1) is 34.5. The van der Waals surface area contributed by atoms with Gasteiger partial charge in [-0.3, -0.25) is 20.4 Å². The van der Waals surface area contributed by atoms with E-state index < -0.39 is 0 Å². The van der Waals surface area contributed by atoms with E-state index in [1.54, 1.807) is 31.1 Å². The van der Waals surface area contributed by atoms with Gasteiger partial charge in [0.15, 0.2) is 0 Å². The molecule has 28 heavy (non-hydrogen) atoms. The minimum absolute atomic E-state index is 1.47. The van der Waals surface area contributed by atoms with Crippen molar-refractivity contribution in [1.82, 2.24) is 0 Å². The molecule has 3 nitrogen and oxygen atoms in total. The van der Waals surface area contributed by atoms with Gasteiger partial charge in [-0.15, -0.1) is 0 Å². The van der Waals surface area contributed by atoms with Crippen LogP contribution in [-0.2, 0) is 45.5 Å². The average molecular weight is 730 g/mol. The molecular formula is C23H33O3Re2-9. The Morgan fingerprint density at radius 2 is 0.643 bits per heavy atom. The van der Waals surface area contributed by atoms with E-state index in [2.05, 4.69) is 89.6 Å². The SMILES string of the molecule is C[c-]1[c-](C)[c-](C)[c-](C)[c-]1C.Cc1c(C)c(C)[c-](C)c1C.[CH-]=O.[CH-]=O.[CH-]=O.[Re]#[Re]. The summed E-state index contributed by atoms with van der Waals surface area (Å²) in [6.45, 7) is 31.7. The second-order valence-corrected chi connectivity index (χ2v) is 6.25. The molecule has 0 aliphatic carbocycles. The van der Waals surface area contributed by atoms with E-state index in [4.69, 9.17) is 14.4 Å².